The Kier molecular flexibility index (Phi) is 5.42. The second-order valence-electron chi connectivity index (χ2n) is 4.66. The number of ether oxygens (including phenoxy) is 1. The Bertz CT molecular complexity index is 777. The molecule has 0 aliphatic rings. The summed E-state index contributed by atoms with van der Waals surface area (Å²) in [6, 6.07) is 0. The van der Waals surface area contributed by atoms with Gasteiger partial charge in [0.2, 0.25) is 0 Å². The average molecular weight is 338 g/mol. The van der Waals surface area contributed by atoms with E-state index in [4.69, 9.17) is 4.74 Å². The molecular weight excluding hydrogens is 320 g/mol. The maximum absolute atomic E-state index is 12.7. The number of nitrogens with zero attached hydrogens (tertiary/aromatic N) is 2. The summed E-state index contributed by atoms with van der Waals surface area (Å²) in [5.41, 5.74) is 0.885. The zero-order valence-electron chi connectivity index (χ0n) is 12.8. The van der Waals surface area contributed by atoms with E-state index in [9.17, 15) is 9.59 Å². The molecule has 7 heteroatoms. The monoisotopic (exact) mass is 338 g/mol. The molecule has 2 aromatic rings. The molecule has 0 atom stereocenters. The van der Waals surface area contributed by atoms with Crippen molar-refractivity contribution in [1.82, 2.24) is 9.55 Å². The van der Waals surface area contributed by atoms with Crippen molar-refractivity contribution in [2.45, 2.75) is 32.5 Å². The summed E-state index contributed by atoms with van der Waals surface area (Å²) in [4.78, 5) is 30.6. The molecule has 2 rings (SSSR count). The molecule has 5 nitrogen and oxygen atoms in total. The smallest absolute Gasteiger partial charge is 0.316 e. The second-order valence-corrected chi connectivity index (χ2v) is 6.80. The number of carbonyl (C=O) groups excluding carboxylic acids is 1. The van der Waals surface area contributed by atoms with Gasteiger partial charge in [0.15, 0.2) is 5.16 Å². The summed E-state index contributed by atoms with van der Waals surface area (Å²) >= 11 is 2.71. The first-order valence-corrected chi connectivity index (χ1v) is 8.69. The highest BCUT2D eigenvalue weighted by Crippen LogP contribution is 2.28. The van der Waals surface area contributed by atoms with Crippen LogP contribution in [0.1, 0.15) is 17.4 Å². The van der Waals surface area contributed by atoms with E-state index < -0.39 is 0 Å². The number of thiophene rings is 1. The fraction of sp³-hybridized carbons (Fsp3) is 0.400. The zero-order valence-corrected chi connectivity index (χ0v) is 14.5. The topological polar surface area (TPSA) is 61.2 Å². The SMILES string of the molecule is C=CCn1c(SCC(=O)OCC)nc2sc(C)c(C)c2c1=O. The lowest BCUT2D eigenvalue weighted by molar-refractivity contribution is -0.139. The van der Waals surface area contributed by atoms with E-state index in [-0.39, 0.29) is 17.3 Å². The van der Waals surface area contributed by atoms with Gasteiger partial charge >= 0.3 is 5.97 Å². The summed E-state index contributed by atoms with van der Waals surface area (Å²) in [5.74, 6) is -0.183. The summed E-state index contributed by atoms with van der Waals surface area (Å²) in [7, 11) is 0. The third-order valence-electron chi connectivity index (χ3n) is 3.19. The van der Waals surface area contributed by atoms with Gasteiger partial charge in [-0.05, 0) is 26.3 Å². The van der Waals surface area contributed by atoms with Gasteiger partial charge in [-0.1, -0.05) is 17.8 Å². The lowest BCUT2D eigenvalue weighted by Gasteiger charge is -2.10. The molecule has 118 valence electrons. The molecule has 0 unspecified atom stereocenters. The number of aryl methyl sites for hydroxylation is 2. The van der Waals surface area contributed by atoms with Gasteiger partial charge in [-0.3, -0.25) is 14.2 Å². The molecule has 0 amide bonds. The fourth-order valence-electron chi connectivity index (χ4n) is 2.04. The van der Waals surface area contributed by atoms with Crippen LogP contribution >= 0.6 is 23.1 Å². The van der Waals surface area contributed by atoms with E-state index >= 15 is 0 Å². The number of thioether (sulfide) groups is 1. The fourth-order valence-corrected chi connectivity index (χ4v) is 3.91. The second kappa shape index (κ2) is 7.11. The summed E-state index contributed by atoms with van der Waals surface area (Å²) in [5, 5.41) is 1.18. The van der Waals surface area contributed by atoms with Crippen LogP contribution in [0.25, 0.3) is 10.2 Å². The molecule has 2 aromatic heterocycles. The highest BCUT2D eigenvalue weighted by Gasteiger charge is 2.17. The van der Waals surface area contributed by atoms with Gasteiger partial charge in [0.25, 0.3) is 5.56 Å². The van der Waals surface area contributed by atoms with E-state index in [1.54, 1.807) is 17.6 Å². The molecule has 0 saturated heterocycles. The Morgan fingerprint density at radius 2 is 2.23 bits per heavy atom. The Hall–Kier alpha value is -1.60. The predicted molar refractivity (Wildman–Crippen MR) is 90.9 cm³/mol. The first kappa shape index (κ1) is 16.8. The van der Waals surface area contributed by atoms with Gasteiger partial charge in [0.1, 0.15) is 4.83 Å². The number of esters is 1. The van der Waals surface area contributed by atoms with Gasteiger partial charge in [0.05, 0.1) is 17.7 Å². The summed E-state index contributed by atoms with van der Waals surface area (Å²) in [6.07, 6.45) is 1.65. The molecule has 0 saturated carbocycles. The molecule has 22 heavy (non-hydrogen) atoms. The van der Waals surface area contributed by atoms with E-state index in [1.807, 2.05) is 13.8 Å². The minimum Gasteiger partial charge on any atom is -0.465 e. The van der Waals surface area contributed by atoms with Crippen LogP contribution in [0.5, 0.6) is 0 Å². The number of allylic oxidation sites excluding steroid dienone is 1. The quantitative estimate of drug-likeness (QED) is 0.351. The summed E-state index contributed by atoms with van der Waals surface area (Å²) < 4.78 is 6.47. The molecule has 0 aromatic carbocycles. The minimum absolute atomic E-state index is 0.0851. The Labute approximate surface area is 137 Å². The van der Waals surface area contributed by atoms with Crippen molar-refractivity contribution in [2.24, 2.45) is 0 Å². The molecule has 0 aliphatic carbocycles. The van der Waals surface area contributed by atoms with Crippen molar-refractivity contribution < 1.29 is 9.53 Å². The standard InChI is InChI=1S/C15H18N2O3S2/c1-5-7-17-14(19)12-9(3)10(4)22-13(12)16-15(17)21-8-11(18)20-6-2/h5H,1,6-8H2,2-4H3. The van der Waals surface area contributed by atoms with Crippen molar-refractivity contribution in [1.29, 1.82) is 0 Å². The normalized spacial score (nSPS) is 10.9. The lowest BCUT2D eigenvalue weighted by atomic mass is 10.2. The Balaban J connectivity index is 2.48. The molecule has 0 N–H and O–H groups in total. The number of hydrogen-bond donors (Lipinski definition) is 0. The van der Waals surface area contributed by atoms with Crippen molar-refractivity contribution >= 4 is 39.3 Å². The van der Waals surface area contributed by atoms with Crippen molar-refractivity contribution in [3.63, 3.8) is 0 Å². The van der Waals surface area contributed by atoms with Crippen LogP contribution in [-0.2, 0) is 16.1 Å². The van der Waals surface area contributed by atoms with Crippen LogP contribution in [0.2, 0.25) is 0 Å². The maximum atomic E-state index is 12.7. The zero-order chi connectivity index (χ0) is 16.3. The number of rotatable bonds is 6. The Morgan fingerprint density at radius 1 is 1.50 bits per heavy atom. The number of carbonyl (C=O) groups is 1. The Morgan fingerprint density at radius 3 is 2.86 bits per heavy atom. The molecular formula is C15H18N2O3S2. The molecule has 0 aliphatic heterocycles. The maximum Gasteiger partial charge on any atom is 0.316 e. The third-order valence-corrected chi connectivity index (χ3v) is 5.24. The first-order chi connectivity index (χ1) is 10.5. The van der Waals surface area contributed by atoms with E-state index in [2.05, 4.69) is 11.6 Å². The van der Waals surface area contributed by atoms with E-state index in [0.29, 0.717) is 28.5 Å². The number of hydrogen-bond acceptors (Lipinski definition) is 6. The lowest BCUT2D eigenvalue weighted by Crippen LogP contribution is -2.23. The van der Waals surface area contributed by atoms with Gasteiger partial charge < -0.3 is 4.74 Å². The average Bonchev–Trinajstić information content (AvgIpc) is 2.76. The van der Waals surface area contributed by atoms with Crippen molar-refractivity contribution in [3.05, 3.63) is 33.4 Å². The molecule has 0 bridgehead atoms. The largest absolute Gasteiger partial charge is 0.465 e. The first-order valence-electron chi connectivity index (χ1n) is 6.89. The van der Waals surface area contributed by atoms with Gasteiger partial charge in [-0.15, -0.1) is 17.9 Å². The number of aromatic nitrogens is 2. The predicted octanol–water partition coefficient (Wildman–Crippen LogP) is 2.92. The molecule has 0 spiro atoms. The van der Waals surface area contributed by atoms with Crippen LogP contribution < -0.4 is 5.56 Å². The van der Waals surface area contributed by atoms with Crippen LogP contribution in [0.3, 0.4) is 0 Å². The minimum atomic E-state index is -0.314. The molecule has 0 radical (unpaired) electrons. The van der Waals surface area contributed by atoms with Gasteiger partial charge in [-0.25, -0.2) is 4.98 Å². The highest BCUT2D eigenvalue weighted by molar-refractivity contribution is 7.99. The van der Waals surface area contributed by atoms with E-state index in [0.717, 1.165) is 10.4 Å². The van der Waals surface area contributed by atoms with Gasteiger partial charge in [-0.2, -0.15) is 0 Å². The van der Waals surface area contributed by atoms with Crippen LogP contribution in [0.15, 0.2) is 22.6 Å². The third kappa shape index (κ3) is 3.25. The molecule has 0 fully saturated rings. The van der Waals surface area contributed by atoms with Crippen LogP contribution in [0, 0.1) is 13.8 Å². The van der Waals surface area contributed by atoms with Gasteiger partial charge in [0, 0.05) is 11.4 Å². The van der Waals surface area contributed by atoms with Crippen molar-refractivity contribution in [3.8, 4) is 0 Å². The van der Waals surface area contributed by atoms with Crippen LogP contribution in [0.4, 0.5) is 0 Å². The van der Waals surface area contributed by atoms with E-state index in [1.165, 1.54) is 23.1 Å². The van der Waals surface area contributed by atoms with Crippen LogP contribution in [-0.4, -0.2) is 27.9 Å². The highest BCUT2D eigenvalue weighted by atomic mass is 32.2. The van der Waals surface area contributed by atoms with Crippen molar-refractivity contribution in [2.75, 3.05) is 12.4 Å². The summed E-state index contributed by atoms with van der Waals surface area (Å²) in [6.45, 7) is 10.1. The number of fused-ring (bicyclic) bond motifs is 1. The molecule has 2 heterocycles.